The maximum absolute atomic E-state index is 12.6. The SMILES string of the molecule is O=S(=O)(Nc1ccc(-c2csc(-c3ccncc3)n2)cc1)c1cc(Cl)ccc1Cl. The molecular weight excluding hydrogens is 449 g/mol. The fourth-order valence-electron chi connectivity index (χ4n) is 2.64. The molecule has 29 heavy (non-hydrogen) atoms. The highest BCUT2D eigenvalue weighted by atomic mass is 35.5. The van der Waals surface area contributed by atoms with E-state index in [1.165, 1.54) is 29.5 Å². The van der Waals surface area contributed by atoms with E-state index in [0.29, 0.717) is 10.7 Å². The van der Waals surface area contributed by atoms with Gasteiger partial charge in [-0.25, -0.2) is 13.4 Å². The maximum Gasteiger partial charge on any atom is 0.263 e. The molecule has 2 aromatic heterocycles. The molecule has 9 heteroatoms. The average molecular weight is 462 g/mol. The first kappa shape index (κ1) is 19.8. The summed E-state index contributed by atoms with van der Waals surface area (Å²) in [6.07, 6.45) is 3.45. The highest BCUT2D eigenvalue weighted by molar-refractivity contribution is 7.92. The molecule has 0 radical (unpaired) electrons. The number of nitrogens with one attached hydrogen (secondary N) is 1. The summed E-state index contributed by atoms with van der Waals surface area (Å²) in [6, 6.07) is 15.1. The Balaban J connectivity index is 1.56. The van der Waals surface area contributed by atoms with Crippen LogP contribution in [0.15, 0.2) is 77.3 Å². The quantitative estimate of drug-likeness (QED) is 0.396. The second-order valence-electron chi connectivity index (χ2n) is 6.03. The molecule has 0 unspecified atom stereocenters. The first-order valence-electron chi connectivity index (χ1n) is 8.37. The van der Waals surface area contributed by atoms with Crippen LogP contribution in [0.1, 0.15) is 0 Å². The zero-order valence-corrected chi connectivity index (χ0v) is 17.9. The van der Waals surface area contributed by atoms with Crippen LogP contribution < -0.4 is 4.72 Å². The van der Waals surface area contributed by atoms with E-state index in [1.807, 2.05) is 29.6 Å². The van der Waals surface area contributed by atoms with Crippen LogP contribution >= 0.6 is 34.5 Å². The Hall–Kier alpha value is -2.45. The van der Waals surface area contributed by atoms with Crippen molar-refractivity contribution in [3.63, 3.8) is 0 Å². The molecule has 0 aliphatic carbocycles. The largest absolute Gasteiger partial charge is 0.280 e. The van der Waals surface area contributed by atoms with Crippen LogP contribution in [-0.4, -0.2) is 18.4 Å². The first-order valence-corrected chi connectivity index (χ1v) is 11.5. The molecule has 4 rings (SSSR count). The van der Waals surface area contributed by atoms with Crippen LogP contribution in [0.25, 0.3) is 21.8 Å². The number of anilines is 1. The van der Waals surface area contributed by atoms with E-state index in [2.05, 4.69) is 14.7 Å². The lowest BCUT2D eigenvalue weighted by atomic mass is 10.1. The highest BCUT2D eigenvalue weighted by Gasteiger charge is 2.18. The lowest BCUT2D eigenvalue weighted by Crippen LogP contribution is -2.13. The second kappa shape index (κ2) is 8.12. The van der Waals surface area contributed by atoms with Crippen molar-refractivity contribution in [2.24, 2.45) is 0 Å². The van der Waals surface area contributed by atoms with Gasteiger partial charge in [0.2, 0.25) is 0 Å². The van der Waals surface area contributed by atoms with Crippen LogP contribution in [0.2, 0.25) is 10.0 Å². The van der Waals surface area contributed by atoms with Crippen molar-refractivity contribution >= 4 is 50.2 Å². The standard InChI is InChI=1S/C20H13Cl2N3O2S2/c21-15-3-6-17(22)19(11-15)29(26,27)25-16-4-1-13(2-5-16)18-12-28-20(24-18)14-7-9-23-10-8-14/h1-12,25H. The molecule has 0 saturated heterocycles. The Kier molecular flexibility index (Phi) is 5.56. The van der Waals surface area contributed by atoms with Gasteiger partial charge in [-0.3, -0.25) is 9.71 Å². The van der Waals surface area contributed by atoms with Gasteiger partial charge in [-0.2, -0.15) is 0 Å². The van der Waals surface area contributed by atoms with Crippen molar-refractivity contribution in [1.82, 2.24) is 9.97 Å². The number of hydrogen-bond acceptors (Lipinski definition) is 5. The zero-order valence-electron chi connectivity index (χ0n) is 14.7. The Morgan fingerprint density at radius 1 is 0.897 bits per heavy atom. The van der Waals surface area contributed by atoms with Crippen molar-refractivity contribution < 1.29 is 8.42 Å². The molecule has 0 spiro atoms. The molecule has 0 fully saturated rings. The summed E-state index contributed by atoms with van der Waals surface area (Å²) in [5.74, 6) is 0. The lowest BCUT2D eigenvalue weighted by molar-refractivity contribution is 0.601. The molecule has 0 saturated carbocycles. The van der Waals surface area contributed by atoms with Gasteiger partial charge >= 0.3 is 0 Å². The predicted molar refractivity (Wildman–Crippen MR) is 118 cm³/mol. The monoisotopic (exact) mass is 461 g/mol. The van der Waals surface area contributed by atoms with Gasteiger partial charge in [0.05, 0.1) is 10.7 Å². The van der Waals surface area contributed by atoms with Gasteiger partial charge in [-0.05, 0) is 42.5 Å². The van der Waals surface area contributed by atoms with Crippen molar-refractivity contribution in [2.45, 2.75) is 4.90 Å². The van der Waals surface area contributed by atoms with E-state index in [9.17, 15) is 8.42 Å². The minimum Gasteiger partial charge on any atom is -0.280 e. The molecule has 0 atom stereocenters. The second-order valence-corrected chi connectivity index (χ2v) is 9.38. The number of nitrogens with zero attached hydrogens (tertiary/aromatic N) is 2. The van der Waals surface area contributed by atoms with Crippen molar-refractivity contribution in [3.8, 4) is 21.8 Å². The molecule has 0 aliphatic heterocycles. The summed E-state index contributed by atoms with van der Waals surface area (Å²) in [6.45, 7) is 0. The molecule has 0 amide bonds. The van der Waals surface area contributed by atoms with Gasteiger partial charge in [-0.15, -0.1) is 11.3 Å². The van der Waals surface area contributed by atoms with Crippen LogP contribution in [-0.2, 0) is 10.0 Å². The van der Waals surface area contributed by atoms with Gasteiger partial charge in [0.1, 0.15) is 9.90 Å². The normalized spacial score (nSPS) is 11.4. The van der Waals surface area contributed by atoms with E-state index in [4.69, 9.17) is 23.2 Å². The fourth-order valence-corrected chi connectivity index (χ4v) is 5.29. The number of aromatic nitrogens is 2. The molecular formula is C20H13Cl2N3O2S2. The van der Waals surface area contributed by atoms with E-state index >= 15 is 0 Å². The number of thiazole rings is 1. The number of rotatable bonds is 5. The molecule has 0 bridgehead atoms. The third-order valence-electron chi connectivity index (χ3n) is 4.05. The summed E-state index contributed by atoms with van der Waals surface area (Å²) in [4.78, 5) is 8.58. The van der Waals surface area contributed by atoms with E-state index < -0.39 is 10.0 Å². The topological polar surface area (TPSA) is 72.0 Å². The van der Waals surface area contributed by atoms with Crippen molar-refractivity contribution in [1.29, 1.82) is 0 Å². The third-order valence-corrected chi connectivity index (χ3v) is 7.04. The van der Waals surface area contributed by atoms with Crippen LogP contribution in [0.4, 0.5) is 5.69 Å². The Labute approximate surface area is 182 Å². The minimum absolute atomic E-state index is 0.0720. The molecule has 146 valence electrons. The van der Waals surface area contributed by atoms with Crippen LogP contribution in [0.3, 0.4) is 0 Å². The molecule has 1 N–H and O–H groups in total. The molecule has 2 heterocycles. The average Bonchev–Trinajstić information content (AvgIpc) is 3.21. The number of benzene rings is 2. The van der Waals surface area contributed by atoms with Gasteiger partial charge < -0.3 is 0 Å². The summed E-state index contributed by atoms with van der Waals surface area (Å²) in [7, 11) is -3.86. The van der Waals surface area contributed by atoms with Gasteiger partial charge in [0.15, 0.2) is 0 Å². The number of pyridine rings is 1. The van der Waals surface area contributed by atoms with Gasteiger partial charge in [-0.1, -0.05) is 35.3 Å². The maximum atomic E-state index is 12.6. The zero-order chi connectivity index (χ0) is 20.4. The van der Waals surface area contributed by atoms with Gasteiger partial charge in [0.25, 0.3) is 10.0 Å². The van der Waals surface area contributed by atoms with E-state index in [-0.39, 0.29) is 9.92 Å². The fraction of sp³-hybridized carbons (Fsp3) is 0. The number of hydrogen-bond donors (Lipinski definition) is 1. The van der Waals surface area contributed by atoms with Crippen molar-refractivity contribution in [2.75, 3.05) is 4.72 Å². The molecule has 0 aliphatic rings. The Morgan fingerprint density at radius 3 is 2.34 bits per heavy atom. The van der Waals surface area contributed by atoms with Crippen LogP contribution in [0.5, 0.6) is 0 Å². The summed E-state index contributed by atoms with van der Waals surface area (Å²) < 4.78 is 27.8. The Bertz CT molecular complexity index is 1260. The number of halogens is 2. The predicted octanol–water partition coefficient (Wildman–Crippen LogP) is 5.98. The van der Waals surface area contributed by atoms with Gasteiger partial charge in [0, 0.05) is 39.6 Å². The third kappa shape index (κ3) is 4.43. The highest BCUT2D eigenvalue weighted by Crippen LogP contribution is 2.30. The lowest BCUT2D eigenvalue weighted by Gasteiger charge is -2.10. The summed E-state index contributed by atoms with van der Waals surface area (Å²) in [5.41, 5.74) is 3.10. The molecule has 4 aromatic rings. The Morgan fingerprint density at radius 2 is 1.62 bits per heavy atom. The molecule has 2 aromatic carbocycles. The molecule has 5 nitrogen and oxygen atoms in total. The van der Waals surface area contributed by atoms with E-state index in [1.54, 1.807) is 24.5 Å². The minimum atomic E-state index is -3.86. The number of sulfonamides is 1. The smallest absolute Gasteiger partial charge is 0.263 e. The first-order chi connectivity index (χ1) is 13.9. The summed E-state index contributed by atoms with van der Waals surface area (Å²) >= 11 is 13.5. The van der Waals surface area contributed by atoms with Crippen LogP contribution in [0, 0.1) is 0 Å². The summed E-state index contributed by atoms with van der Waals surface area (Å²) in [5, 5.41) is 3.24. The van der Waals surface area contributed by atoms with Crippen molar-refractivity contribution in [3.05, 3.63) is 82.4 Å². The van der Waals surface area contributed by atoms with E-state index in [0.717, 1.165) is 21.8 Å².